The van der Waals surface area contributed by atoms with Crippen LogP contribution in [0.25, 0.3) is 10.2 Å². The second kappa shape index (κ2) is 6.19. The first kappa shape index (κ1) is 15.1. The second-order valence-corrected chi connectivity index (χ2v) is 8.11. The molecule has 0 atom stereocenters. The van der Waals surface area contributed by atoms with Crippen LogP contribution in [0.4, 0.5) is 5.13 Å². The fourth-order valence-electron chi connectivity index (χ4n) is 3.02. The van der Waals surface area contributed by atoms with E-state index in [9.17, 15) is 0 Å². The van der Waals surface area contributed by atoms with Crippen molar-refractivity contribution >= 4 is 38.0 Å². The van der Waals surface area contributed by atoms with Crippen molar-refractivity contribution in [2.45, 2.75) is 20.4 Å². The highest BCUT2D eigenvalue weighted by Crippen LogP contribution is 2.31. The highest BCUT2D eigenvalue weighted by Gasteiger charge is 2.20. The molecule has 4 nitrogen and oxygen atoms in total. The smallest absolute Gasteiger partial charge is 0.186 e. The third-order valence-corrected chi connectivity index (χ3v) is 6.21. The molecule has 0 spiro atoms. The molecule has 0 aliphatic carbocycles. The summed E-state index contributed by atoms with van der Waals surface area (Å²) >= 11 is 3.55. The largest absolute Gasteiger partial charge is 0.345 e. The molecule has 1 saturated heterocycles. The van der Waals surface area contributed by atoms with Gasteiger partial charge in [0.25, 0.3) is 0 Å². The van der Waals surface area contributed by atoms with Crippen LogP contribution in [0.2, 0.25) is 0 Å². The van der Waals surface area contributed by atoms with E-state index in [1.807, 2.05) is 11.3 Å². The Kier molecular flexibility index (Phi) is 4.05. The zero-order chi connectivity index (χ0) is 15.8. The minimum Gasteiger partial charge on any atom is -0.345 e. The molecule has 1 aliphatic heterocycles. The minimum atomic E-state index is 0.969. The lowest BCUT2D eigenvalue weighted by Crippen LogP contribution is -2.46. The average molecular weight is 345 g/mol. The number of anilines is 1. The number of aryl methyl sites for hydroxylation is 2. The van der Waals surface area contributed by atoms with Gasteiger partial charge in [-0.2, -0.15) is 0 Å². The third-order valence-electron chi connectivity index (χ3n) is 4.30. The molecule has 1 aromatic carbocycles. The number of hydrogen-bond acceptors (Lipinski definition) is 6. The molecule has 0 bridgehead atoms. The van der Waals surface area contributed by atoms with E-state index in [2.05, 4.69) is 52.2 Å². The first-order chi connectivity index (χ1) is 11.2. The molecule has 4 rings (SSSR count). The van der Waals surface area contributed by atoms with E-state index < -0.39 is 0 Å². The maximum Gasteiger partial charge on any atom is 0.186 e. The maximum atomic E-state index is 4.86. The number of rotatable bonds is 3. The lowest BCUT2D eigenvalue weighted by Gasteiger charge is -2.34. The van der Waals surface area contributed by atoms with E-state index in [0.717, 1.165) is 43.2 Å². The van der Waals surface area contributed by atoms with Crippen LogP contribution in [0.3, 0.4) is 0 Å². The van der Waals surface area contributed by atoms with Crippen LogP contribution in [0, 0.1) is 13.8 Å². The molecule has 6 heteroatoms. The van der Waals surface area contributed by atoms with Crippen LogP contribution in [0.1, 0.15) is 16.3 Å². The molecular formula is C17H20N4S2. The van der Waals surface area contributed by atoms with Crippen molar-refractivity contribution in [2.75, 3.05) is 31.1 Å². The van der Waals surface area contributed by atoms with E-state index in [1.54, 1.807) is 11.3 Å². The molecule has 1 fully saturated rings. The summed E-state index contributed by atoms with van der Waals surface area (Å²) in [5.74, 6) is 0. The number of fused-ring (bicyclic) bond motifs is 1. The van der Waals surface area contributed by atoms with E-state index in [-0.39, 0.29) is 0 Å². The van der Waals surface area contributed by atoms with Crippen LogP contribution in [-0.4, -0.2) is 41.0 Å². The number of thiazole rings is 2. The lowest BCUT2D eigenvalue weighted by atomic mass is 10.2. The molecular weight excluding hydrogens is 324 g/mol. The number of piperazine rings is 1. The van der Waals surface area contributed by atoms with Gasteiger partial charge in [0.15, 0.2) is 5.13 Å². The van der Waals surface area contributed by atoms with Gasteiger partial charge in [0.2, 0.25) is 0 Å². The molecule has 1 aliphatic rings. The number of hydrogen-bond donors (Lipinski definition) is 0. The van der Waals surface area contributed by atoms with Gasteiger partial charge in [-0.3, -0.25) is 4.90 Å². The van der Waals surface area contributed by atoms with Crippen molar-refractivity contribution in [3.63, 3.8) is 0 Å². The van der Waals surface area contributed by atoms with Gasteiger partial charge in [0.1, 0.15) is 0 Å². The van der Waals surface area contributed by atoms with E-state index >= 15 is 0 Å². The summed E-state index contributed by atoms with van der Waals surface area (Å²) in [7, 11) is 0. The Bertz CT molecular complexity index is 815. The summed E-state index contributed by atoms with van der Waals surface area (Å²) < 4.78 is 1.29. The average Bonchev–Trinajstić information content (AvgIpc) is 3.15. The standard InChI is InChI=1S/C17H20N4S2/c1-12-4-3-5-15-16(12)19-17(23-15)21-8-6-20(7-9-21)10-14-11-22-13(2)18-14/h3-5,11H,6-10H2,1-2H3. The van der Waals surface area contributed by atoms with Gasteiger partial charge in [-0.1, -0.05) is 23.5 Å². The Morgan fingerprint density at radius 3 is 2.61 bits per heavy atom. The summed E-state index contributed by atoms with van der Waals surface area (Å²) in [6.07, 6.45) is 0. The highest BCUT2D eigenvalue weighted by atomic mass is 32.1. The highest BCUT2D eigenvalue weighted by molar-refractivity contribution is 7.22. The number of benzene rings is 1. The summed E-state index contributed by atoms with van der Waals surface area (Å²) in [6, 6.07) is 6.43. The Morgan fingerprint density at radius 1 is 1.09 bits per heavy atom. The normalized spacial score (nSPS) is 16.3. The van der Waals surface area contributed by atoms with Gasteiger partial charge in [-0.25, -0.2) is 9.97 Å². The predicted molar refractivity (Wildman–Crippen MR) is 98.7 cm³/mol. The molecule has 120 valence electrons. The molecule has 0 saturated carbocycles. The molecule has 0 amide bonds. The monoisotopic (exact) mass is 344 g/mol. The van der Waals surface area contributed by atoms with Crippen LogP contribution in [0.5, 0.6) is 0 Å². The molecule has 3 heterocycles. The molecule has 0 unspecified atom stereocenters. The first-order valence-corrected chi connectivity index (χ1v) is 9.63. The Labute approximate surface area is 144 Å². The minimum absolute atomic E-state index is 0.969. The zero-order valence-electron chi connectivity index (χ0n) is 13.5. The third kappa shape index (κ3) is 3.11. The summed E-state index contributed by atoms with van der Waals surface area (Å²) in [5.41, 5.74) is 3.63. The van der Waals surface area contributed by atoms with Crippen molar-refractivity contribution in [1.82, 2.24) is 14.9 Å². The summed E-state index contributed by atoms with van der Waals surface area (Å²) in [6.45, 7) is 9.42. The Hall–Kier alpha value is -1.50. The SMILES string of the molecule is Cc1nc(CN2CCN(c3nc4c(C)cccc4s3)CC2)cs1. The molecule has 2 aromatic heterocycles. The number of aromatic nitrogens is 2. The molecule has 23 heavy (non-hydrogen) atoms. The van der Waals surface area contributed by atoms with Gasteiger partial charge < -0.3 is 4.90 Å². The fraction of sp³-hybridized carbons (Fsp3) is 0.412. The first-order valence-electron chi connectivity index (χ1n) is 7.93. The lowest BCUT2D eigenvalue weighted by molar-refractivity contribution is 0.247. The van der Waals surface area contributed by atoms with Crippen LogP contribution in [0.15, 0.2) is 23.6 Å². The van der Waals surface area contributed by atoms with Gasteiger partial charge in [0.05, 0.1) is 20.9 Å². The van der Waals surface area contributed by atoms with Gasteiger partial charge in [-0.15, -0.1) is 11.3 Å². The Balaban J connectivity index is 1.43. The summed E-state index contributed by atoms with van der Waals surface area (Å²) in [4.78, 5) is 14.4. The predicted octanol–water partition coefficient (Wildman–Crippen LogP) is 3.69. The van der Waals surface area contributed by atoms with Gasteiger partial charge in [0, 0.05) is 38.1 Å². The van der Waals surface area contributed by atoms with E-state index in [0.29, 0.717) is 0 Å². The maximum absolute atomic E-state index is 4.86. The van der Waals surface area contributed by atoms with Crippen LogP contribution < -0.4 is 4.90 Å². The van der Waals surface area contributed by atoms with Gasteiger partial charge in [-0.05, 0) is 25.5 Å². The second-order valence-electron chi connectivity index (χ2n) is 6.04. The topological polar surface area (TPSA) is 32.3 Å². The van der Waals surface area contributed by atoms with Crippen molar-refractivity contribution in [2.24, 2.45) is 0 Å². The number of nitrogens with zero attached hydrogens (tertiary/aromatic N) is 4. The molecule has 0 N–H and O–H groups in total. The fourth-order valence-corrected chi connectivity index (χ4v) is 4.72. The van der Waals surface area contributed by atoms with E-state index in [1.165, 1.54) is 21.1 Å². The Morgan fingerprint density at radius 2 is 1.91 bits per heavy atom. The van der Waals surface area contributed by atoms with Crippen molar-refractivity contribution in [3.05, 3.63) is 39.8 Å². The quantitative estimate of drug-likeness (QED) is 0.725. The van der Waals surface area contributed by atoms with Crippen molar-refractivity contribution in [3.8, 4) is 0 Å². The van der Waals surface area contributed by atoms with E-state index in [4.69, 9.17) is 4.98 Å². The van der Waals surface area contributed by atoms with Crippen molar-refractivity contribution in [1.29, 1.82) is 0 Å². The molecule has 0 radical (unpaired) electrons. The zero-order valence-corrected chi connectivity index (χ0v) is 15.1. The van der Waals surface area contributed by atoms with Gasteiger partial charge >= 0.3 is 0 Å². The summed E-state index contributed by atoms with van der Waals surface area (Å²) in [5, 5.41) is 4.50. The number of para-hydroxylation sites is 1. The van der Waals surface area contributed by atoms with Crippen LogP contribution >= 0.6 is 22.7 Å². The van der Waals surface area contributed by atoms with Crippen LogP contribution in [-0.2, 0) is 6.54 Å². The van der Waals surface area contributed by atoms with Crippen molar-refractivity contribution < 1.29 is 0 Å². The molecule has 3 aromatic rings.